The van der Waals surface area contributed by atoms with Gasteiger partial charge in [-0.2, -0.15) is 21.6 Å². The zero-order chi connectivity index (χ0) is 22.1. The van der Waals surface area contributed by atoms with E-state index in [4.69, 9.17) is 0 Å². The maximum Gasteiger partial charge on any atom is 0.418 e. The summed E-state index contributed by atoms with van der Waals surface area (Å²) in [6.45, 7) is 0.548. The summed E-state index contributed by atoms with van der Waals surface area (Å²) in [5.41, 5.74) is -0.182. The van der Waals surface area contributed by atoms with E-state index in [0.29, 0.717) is 29.9 Å². The Morgan fingerprint density at radius 2 is 1.68 bits per heavy atom. The third kappa shape index (κ3) is 4.63. The molecule has 0 spiro atoms. The minimum atomic E-state index is -4.64. The molecule has 2 N–H and O–H groups in total. The molecule has 0 saturated carbocycles. The lowest BCUT2D eigenvalue weighted by Crippen LogP contribution is -2.17. The molecule has 2 aromatic heterocycles. The number of alkyl halides is 3. The number of fused-ring (bicyclic) bond motifs is 6. The summed E-state index contributed by atoms with van der Waals surface area (Å²) in [5, 5.41) is 2.83. The minimum absolute atomic E-state index is 0.215. The number of rotatable bonds is 0. The molecule has 31 heavy (non-hydrogen) atoms. The van der Waals surface area contributed by atoms with Crippen molar-refractivity contribution >= 4 is 21.7 Å². The van der Waals surface area contributed by atoms with Crippen molar-refractivity contribution < 1.29 is 21.6 Å². The number of benzene rings is 1. The van der Waals surface area contributed by atoms with Crippen LogP contribution < -0.4 is 10.0 Å². The van der Waals surface area contributed by atoms with Crippen LogP contribution in [-0.2, 0) is 22.6 Å². The predicted molar refractivity (Wildman–Crippen MR) is 111 cm³/mol. The summed E-state index contributed by atoms with van der Waals surface area (Å²) in [6, 6.07) is 13.1. The summed E-state index contributed by atoms with van der Waals surface area (Å²) in [6.07, 6.45) is -2.64. The molecule has 0 aliphatic carbocycles. The molecule has 0 radical (unpaired) electrons. The summed E-state index contributed by atoms with van der Waals surface area (Å²) < 4.78 is 68.9. The Labute approximate surface area is 177 Å². The Morgan fingerprint density at radius 1 is 0.871 bits per heavy atom. The van der Waals surface area contributed by atoms with Crippen LogP contribution in [0, 0.1) is 0 Å². The Kier molecular flexibility index (Phi) is 5.57. The highest BCUT2D eigenvalue weighted by Crippen LogP contribution is 2.38. The molecule has 10 heteroatoms. The first-order valence-electron chi connectivity index (χ1n) is 9.64. The van der Waals surface area contributed by atoms with Crippen LogP contribution in [0.25, 0.3) is 11.3 Å². The molecule has 0 fully saturated rings. The lowest BCUT2D eigenvalue weighted by Gasteiger charge is -2.16. The van der Waals surface area contributed by atoms with E-state index in [0.717, 1.165) is 25.0 Å². The molecule has 4 rings (SSSR count). The fourth-order valence-corrected chi connectivity index (χ4v) is 4.40. The second-order valence-corrected chi connectivity index (χ2v) is 8.73. The fraction of sp³-hybridized carbons (Fsp3) is 0.238. The van der Waals surface area contributed by atoms with E-state index in [9.17, 15) is 21.6 Å². The maximum atomic E-state index is 13.7. The number of aromatic nitrogens is 2. The van der Waals surface area contributed by atoms with Gasteiger partial charge in [0.15, 0.2) is 5.03 Å². The highest BCUT2D eigenvalue weighted by molar-refractivity contribution is 7.92. The van der Waals surface area contributed by atoms with Gasteiger partial charge in [-0.05, 0) is 49.1 Å². The molecule has 1 aliphatic heterocycles. The third-order valence-electron chi connectivity index (χ3n) is 4.89. The number of halogens is 3. The van der Waals surface area contributed by atoms with Gasteiger partial charge in [0.1, 0.15) is 11.6 Å². The molecule has 3 aromatic rings. The van der Waals surface area contributed by atoms with E-state index in [2.05, 4.69) is 20.0 Å². The maximum absolute atomic E-state index is 13.7. The zero-order valence-corrected chi connectivity index (χ0v) is 17.1. The number of nitrogens with zero attached hydrogens (tertiary/aromatic N) is 2. The van der Waals surface area contributed by atoms with Gasteiger partial charge in [0, 0.05) is 12.1 Å². The molecule has 6 nitrogen and oxygen atoms in total. The molecule has 1 aliphatic rings. The highest BCUT2D eigenvalue weighted by Gasteiger charge is 2.35. The summed E-state index contributed by atoms with van der Waals surface area (Å²) in [4.78, 5) is 8.18. The summed E-state index contributed by atoms with van der Waals surface area (Å²) in [7, 11) is -4.15. The van der Waals surface area contributed by atoms with Gasteiger partial charge in [0.05, 0.1) is 11.3 Å². The summed E-state index contributed by atoms with van der Waals surface area (Å²) in [5.74, 6) is 0.187. The van der Waals surface area contributed by atoms with Crippen LogP contribution in [0.3, 0.4) is 0 Å². The van der Waals surface area contributed by atoms with Crippen LogP contribution in [0.5, 0.6) is 0 Å². The lowest BCUT2D eigenvalue weighted by molar-refractivity contribution is -0.137. The standard InChI is InChI=1S/C21H19F3N4O2S/c22-21(23,24)16-11-12-18-27-20(16)15-8-2-1-6-14(15)7-3-4-13-25-17-9-5-10-19(26-17)31(29,30)28-18/h1-2,5-6,8-12H,3-4,7,13H2,(H,25,26)(H,27,28). The molecule has 0 atom stereocenters. The molecule has 0 amide bonds. The highest BCUT2D eigenvalue weighted by atomic mass is 32.2. The number of aryl methyl sites for hydroxylation is 1. The third-order valence-corrected chi connectivity index (χ3v) is 6.15. The molecule has 0 saturated heterocycles. The smallest absolute Gasteiger partial charge is 0.370 e. The first kappa shape index (κ1) is 21.1. The van der Waals surface area contributed by atoms with E-state index in [-0.39, 0.29) is 16.5 Å². The van der Waals surface area contributed by atoms with E-state index in [1.54, 1.807) is 36.4 Å². The van der Waals surface area contributed by atoms with E-state index >= 15 is 0 Å². The quantitative estimate of drug-likeness (QED) is 0.520. The van der Waals surface area contributed by atoms with Crippen LogP contribution in [0.4, 0.5) is 24.8 Å². The number of hydrogen-bond acceptors (Lipinski definition) is 5. The van der Waals surface area contributed by atoms with Crippen molar-refractivity contribution in [1.82, 2.24) is 9.97 Å². The van der Waals surface area contributed by atoms with Gasteiger partial charge >= 0.3 is 6.18 Å². The average molecular weight is 448 g/mol. The van der Waals surface area contributed by atoms with Gasteiger partial charge in [-0.25, -0.2) is 9.97 Å². The fourth-order valence-electron chi connectivity index (χ4n) is 3.43. The molecule has 1 aromatic carbocycles. The Hall–Kier alpha value is -3.14. The molecule has 3 heterocycles. The van der Waals surface area contributed by atoms with Gasteiger partial charge in [-0.1, -0.05) is 30.3 Å². The average Bonchev–Trinajstić information content (AvgIpc) is 2.72. The second kappa shape index (κ2) is 8.18. The lowest BCUT2D eigenvalue weighted by atomic mass is 9.96. The van der Waals surface area contributed by atoms with E-state index < -0.39 is 21.8 Å². The van der Waals surface area contributed by atoms with Gasteiger partial charge in [0.25, 0.3) is 10.0 Å². The normalized spacial score (nSPS) is 16.1. The van der Waals surface area contributed by atoms with Crippen molar-refractivity contribution in [2.24, 2.45) is 0 Å². The van der Waals surface area contributed by atoms with Crippen molar-refractivity contribution in [2.45, 2.75) is 30.5 Å². The molecule has 0 unspecified atom stereocenters. The van der Waals surface area contributed by atoms with Gasteiger partial charge < -0.3 is 5.32 Å². The van der Waals surface area contributed by atoms with Crippen LogP contribution in [0.1, 0.15) is 24.0 Å². The Bertz CT molecular complexity index is 1210. The number of anilines is 2. The van der Waals surface area contributed by atoms with E-state index in [1.807, 2.05) is 0 Å². The second-order valence-electron chi connectivity index (χ2n) is 7.10. The molecule has 162 valence electrons. The largest absolute Gasteiger partial charge is 0.418 e. The van der Waals surface area contributed by atoms with Gasteiger partial charge in [-0.3, -0.25) is 4.72 Å². The van der Waals surface area contributed by atoms with Crippen molar-refractivity contribution in [3.8, 4) is 11.3 Å². The van der Waals surface area contributed by atoms with Crippen molar-refractivity contribution in [3.63, 3.8) is 0 Å². The predicted octanol–water partition coefficient (Wildman–Crippen LogP) is 4.71. The number of hydrogen-bond donors (Lipinski definition) is 2. The topological polar surface area (TPSA) is 84.0 Å². The Morgan fingerprint density at radius 3 is 2.48 bits per heavy atom. The van der Waals surface area contributed by atoms with Crippen molar-refractivity contribution in [2.75, 3.05) is 16.6 Å². The Balaban J connectivity index is 1.88. The number of nitrogens with one attached hydrogen (secondary N) is 2. The minimum Gasteiger partial charge on any atom is -0.370 e. The number of sulfonamides is 1. The first-order chi connectivity index (χ1) is 14.7. The van der Waals surface area contributed by atoms with Crippen LogP contribution in [-0.4, -0.2) is 24.9 Å². The SMILES string of the molecule is O=S1(=O)Nc2ccc(C(F)(F)F)c(n2)-c2ccccc2CCCCNc2cccc1n2. The number of pyridine rings is 2. The first-order valence-corrected chi connectivity index (χ1v) is 11.1. The molecule has 4 bridgehead atoms. The van der Waals surface area contributed by atoms with Crippen molar-refractivity contribution in [1.29, 1.82) is 0 Å². The molecular weight excluding hydrogens is 429 g/mol. The molecular formula is C21H19F3N4O2S. The monoisotopic (exact) mass is 448 g/mol. The van der Waals surface area contributed by atoms with Crippen molar-refractivity contribution in [3.05, 3.63) is 65.7 Å². The van der Waals surface area contributed by atoms with Crippen LogP contribution >= 0.6 is 0 Å². The van der Waals surface area contributed by atoms with Gasteiger partial charge in [-0.15, -0.1) is 0 Å². The van der Waals surface area contributed by atoms with E-state index in [1.165, 1.54) is 6.07 Å². The van der Waals surface area contributed by atoms with Gasteiger partial charge in [0.2, 0.25) is 0 Å². The zero-order valence-electron chi connectivity index (χ0n) is 16.3. The van der Waals surface area contributed by atoms with Crippen LogP contribution in [0.15, 0.2) is 59.6 Å². The van der Waals surface area contributed by atoms with Crippen LogP contribution in [0.2, 0.25) is 0 Å². The summed E-state index contributed by atoms with van der Waals surface area (Å²) >= 11 is 0.